The van der Waals surface area contributed by atoms with Gasteiger partial charge in [-0.25, -0.2) is 0 Å². The van der Waals surface area contributed by atoms with Gasteiger partial charge < -0.3 is 5.11 Å². The Balaban J connectivity index is 2.28. The van der Waals surface area contributed by atoms with E-state index < -0.39 is 0 Å². The molecule has 0 aromatic heterocycles. The molecule has 0 radical (unpaired) electrons. The fourth-order valence-electron chi connectivity index (χ4n) is 1.82. The Labute approximate surface area is 85.6 Å². The van der Waals surface area contributed by atoms with Crippen molar-refractivity contribution in [2.45, 2.75) is 49.9 Å². The molecule has 0 bridgehead atoms. The van der Waals surface area contributed by atoms with Gasteiger partial charge in [-0.05, 0) is 44.8 Å². The second-order valence-electron chi connectivity index (χ2n) is 4.00. The van der Waals surface area contributed by atoms with E-state index in [9.17, 15) is 5.11 Å². The van der Waals surface area contributed by atoms with Gasteiger partial charge in [-0.1, -0.05) is 6.08 Å². The van der Waals surface area contributed by atoms with Crippen LogP contribution in [0.4, 0.5) is 0 Å². The average molecular weight is 200 g/mol. The van der Waals surface area contributed by atoms with Gasteiger partial charge in [0.25, 0.3) is 0 Å². The molecule has 1 rings (SSSR count). The van der Waals surface area contributed by atoms with Gasteiger partial charge in [0, 0.05) is 4.75 Å². The fourth-order valence-corrected chi connectivity index (χ4v) is 3.18. The lowest BCUT2D eigenvalue weighted by Crippen LogP contribution is -2.33. The number of rotatable bonds is 5. The molecule has 0 spiro atoms. The predicted molar refractivity (Wildman–Crippen MR) is 60.2 cm³/mol. The summed E-state index contributed by atoms with van der Waals surface area (Å²) in [5, 5.41) is 9.98. The van der Waals surface area contributed by atoms with Crippen molar-refractivity contribution < 1.29 is 5.11 Å². The second kappa shape index (κ2) is 5.06. The Bertz CT molecular complexity index is 161. The van der Waals surface area contributed by atoms with Crippen molar-refractivity contribution in [1.29, 1.82) is 0 Å². The molecule has 2 unspecified atom stereocenters. The largest absolute Gasteiger partial charge is 0.392 e. The van der Waals surface area contributed by atoms with E-state index in [0.29, 0.717) is 0 Å². The van der Waals surface area contributed by atoms with E-state index >= 15 is 0 Å². The van der Waals surface area contributed by atoms with E-state index in [1.807, 2.05) is 17.8 Å². The second-order valence-corrected chi connectivity index (χ2v) is 5.63. The van der Waals surface area contributed by atoms with Crippen LogP contribution in [0.2, 0.25) is 0 Å². The first kappa shape index (κ1) is 11.1. The number of hydrogen-bond acceptors (Lipinski definition) is 2. The standard InChI is InChI=1S/C11H20OS/c1-3-4-5-7-10(12)11(2)8-6-9-13-11/h3,10,12H,1,4-9H2,2H3. The zero-order valence-corrected chi connectivity index (χ0v) is 9.28. The molecule has 1 heterocycles. The predicted octanol–water partition coefficient (Wildman–Crippen LogP) is 2.99. The van der Waals surface area contributed by atoms with Gasteiger partial charge in [-0.2, -0.15) is 11.8 Å². The third-order valence-electron chi connectivity index (χ3n) is 2.84. The van der Waals surface area contributed by atoms with Gasteiger partial charge in [0.05, 0.1) is 6.10 Å². The molecule has 1 aliphatic rings. The van der Waals surface area contributed by atoms with Crippen molar-refractivity contribution in [3.05, 3.63) is 12.7 Å². The number of allylic oxidation sites excluding steroid dienone is 1. The average Bonchev–Trinajstić information content (AvgIpc) is 2.54. The summed E-state index contributed by atoms with van der Waals surface area (Å²) in [7, 11) is 0. The molecule has 0 aromatic rings. The summed E-state index contributed by atoms with van der Waals surface area (Å²) in [6.45, 7) is 5.88. The van der Waals surface area contributed by atoms with Crippen LogP contribution in [0.25, 0.3) is 0 Å². The molecule has 1 N–H and O–H groups in total. The van der Waals surface area contributed by atoms with Gasteiger partial charge in [0.15, 0.2) is 0 Å². The highest BCUT2D eigenvalue weighted by Crippen LogP contribution is 2.41. The summed E-state index contributed by atoms with van der Waals surface area (Å²) in [6.07, 6.45) is 7.26. The lowest BCUT2D eigenvalue weighted by atomic mass is 9.94. The molecule has 1 fully saturated rings. The minimum Gasteiger partial charge on any atom is -0.392 e. The van der Waals surface area contributed by atoms with Gasteiger partial charge in [0.1, 0.15) is 0 Å². The van der Waals surface area contributed by atoms with Crippen LogP contribution in [0.15, 0.2) is 12.7 Å². The SMILES string of the molecule is C=CCCCC(O)C1(C)CCCS1. The highest BCUT2D eigenvalue weighted by Gasteiger charge is 2.36. The molecule has 2 atom stereocenters. The highest BCUT2D eigenvalue weighted by atomic mass is 32.2. The zero-order valence-electron chi connectivity index (χ0n) is 8.46. The van der Waals surface area contributed by atoms with E-state index in [0.717, 1.165) is 19.3 Å². The maximum atomic E-state index is 9.98. The monoisotopic (exact) mass is 200 g/mol. The first-order chi connectivity index (χ1) is 6.19. The molecule has 0 saturated carbocycles. The molecule has 1 aliphatic heterocycles. The Morgan fingerprint density at radius 3 is 3.00 bits per heavy atom. The summed E-state index contributed by atoms with van der Waals surface area (Å²) < 4.78 is 0.140. The minimum atomic E-state index is -0.125. The van der Waals surface area contributed by atoms with E-state index in [4.69, 9.17) is 0 Å². The Hall–Kier alpha value is 0.0500. The summed E-state index contributed by atoms with van der Waals surface area (Å²) in [5.74, 6) is 1.22. The van der Waals surface area contributed by atoms with Crippen LogP contribution in [-0.2, 0) is 0 Å². The number of unbranched alkanes of at least 4 members (excludes halogenated alkanes) is 1. The minimum absolute atomic E-state index is 0.125. The van der Waals surface area contributed by atoms with Crippen LogP contribution in [0.1, 0.15) is 39.0 Å². The smallest absolute Gasteiger partial charge is 0.0684 e. The maximum Gasteiger partial charge on any atom is 0.0684 e. The Morgan fingerprint density at radius 1 is 1.69 bits per heavy atom. The molecule has 2 heteroatoms. The van der Waals surface area contributed by atoms with Gasteiger partial charge >= 0.3 is 0 Å². The van der Waals surface area contributed by atoms with E-state index in [1.165, 1.54) is 18.6 Å². The van der Waals surface area contributed by atoms with E-state index in [-0.39, 0.29) is 10.9 Å². The quantitative estimate of drug-likeness (QED) is 0.544. The van der Waals surface area contributed by atoms with Crippen molar-refractivity contribution in [2.75, 3.05) is 5.75 Å². The molecule has 76 valence electrons. The zero-order chi connectivity index (χ0) is 9.73. The third-order valence-corrected chi connectivity index (χ3v) is 4.47. The number of thioether (sulfide) groups is 1. The first-order valence-corrected chi connectivity index (χ1v) is 6.10. The lowest BCUT2D eigenvalue weighted by Gasteiger charge is -2.28. The summed E-state index contributed by atoms with van der Waals surface area (Å²) >= 11 is 1.93. The summed E-state index contributed by atoms with van der Waals surface area (Å²) in [5.41, 5.74) is 0. The lowest BCUT2D eigenvalue weighted by molar-refractivity contribution is 0.122. The molecule has 1 saturated heterocycles. The van der Waals surface area contributed by atoms with Crippen LogP contribution in [0.5, 0.6) is 0 Å². The molecule has 0 aromatic carbocycles. The number of aliphatic hydroxyl groups excluding tert-OH is 1. The van der Waals surface area contributed by atoms with Crippen LogP contribution in [0, 0.1) is 0 Å². The molecule has 13 heavy (non-hydrogen) atoms. The maximum absolute atomic E-state index is 9.98. The number of hydrogen-bond donors (Lipinski definition) is 1. The van der Waals surface area contributed by atoms with E-state index in [1.54, 1.807) is 0 Å². The van der Waals surface area contributed by atoms with E-state index in [2.05, 4.69) is 13.5 Å². The summed E-state index contributed by atoms with van der Waals surface area (Å²) in [4.78, 5) is 0. The van der Waals surface area contributed by atoms with Crippen molar-refractivity contribution in [3.8, 4) is 0 Å². The van der Waals surface area contributed by atoms with Crippen LogP contribution >= 0.6 is 11.8 Å². The fraction of sp³-hybridized carbons (Fsp3) is 0.818. The van der Waals surface area contributed by atoms with Crippen LogP contribution in [0.3, 0.4) is 0 Å². The van der Waals surface area contributed by atoms with Gasteiger partial charge in [0.2, 0.25) is 0 Å². The Morgan fingerprint density at radius 2 is 2.46 bits per heavy atom. The van der Waals surface area contributed by atoms with Crippen LogP contribution in [-0.4, -0.2) is 21.7 Å². The molecule has 1 nitrogen and oxygen atoms in total. The first-order valence-electron chi connectivity index (χ1n) is 5.12. The molecular weight excluding hydrogens is 180 g/mol. The van der Waals surface area contributed by atoms with Crippen molar-refractivity contribution in [1.82, 2.24) is 0 Å². The highest BCUT2D eigenvalue weighted by molar-refractivity contribution is 8.00. The normalized spacial score (nSPS) is 30.3. The molecular formula is C11H20OS. The van der Waals surface area contributed by atoms with Crippen molar-refractivity contribution in [3.63, 3.8) is 0 Å². The third kappa shape index (κ3) is 3.03. The van der Waals surface area contributed by atoms with Crippen LogP contribution < -0.4 is 0 Å². The van der Waals surface area contributed by atoms with Crippen molar-refractivity contribution in [2.24, 2.45) is 0 Å². The Kier molecular flexibility index (Phi) is 4.33. The summed E-state index contributed by atoms with van der Waals surface area (Å²) in [6, 6.07) is 0. The topological polar surface area (TPSA) is 20.2 Å². The molecule has 0 aliphatic carbocycles. The molecule has 0 amide bonds. The number of aliphatic hydroxyl groups is 1. The van der Waals surface area contributed by atoms with Crippen molar-refractivity contribution >= 4 is 11.8 Å². The van der Waals surface area contributed by atoms with Gasteiger partial charge in [-0.15, -0.1) is 6.58 Å². The van der Waals surface area contributed by atoms with Gasteiger partial charge in [-0.3, -0.25) is 0 Å².